The topological polar surface area (TPSA) is 117 Å². The van der Waals surface area contributed by atoms with Crippen molar-refractivity contribution in [3.63, 3.8) is 0 Å². The van der Waals surface area contributed by atoms with Crippen LogP contribution in [0.2, 0.25) is 0 Å². The summed E-state index contributed by atoms with van der Waals surface area (Å²) >= 11 is 0. The van der Waals surface area contributed by atoms with E-state index in [1.54, 1.807) is 13.8 Å². The summed E-state index contributed by atoms with van der Waals surface area (Å²) in [4.78, 5) is 33.7. The number of ether oxygens (including phenoxy) is 1. The summed E-state index contributed by atoms with van der Waals surface area (Å²) in [5, 5.41) is 16.3. The van der Waals surface area contributed by atoms with Crippen LogP contribution in [0.3, 0.4) is 0 Å². The molecule has 0 bridgehead atoms. The monoisotopic (exact) mass is 289 g/mol. The molecule has 3 amide bonds. The third-order valence-corrected chi connectivity index (χ3v) is 2.49. The number of rotatable bonds is 9. The summed E-state index contributed by atoms with van der Waals surface area (Å²) < 4.78 is 4.77. The van der Waals surface area contributed by atoms with Gasteiger partial charge >= 0.3 is 12.0 Å². The van der Waals surface area contributed by atoms with Crippen LogP contribution < -0.4 is 16.0 Å². The SMILES string of the molecule is COCCNC(=O)CCNC(=O)N[C@H](C(=O)O)C(C)C. The van der Waals surface area contributed by atoms with Gasteiger partial charge in [0, 0.05) is 26.6 Å². The molecular formula is C12H23N3O5. The van der Waals surface area contributed by atoms with E-state index >= 15 is 0 Å². The van der Waals surface area contributed by atoms with Crippen LogP contribution in [0.25, 0.3) is 0 Å². The zero-order chi connectivity index (χ0) is 15.5. The number of carbonyl (C=O) groups is 3. The quantitative estimate of drug-likeness (QED) is 0.429. The molecule has 1 atom stereocenters. The number of nitrogens with one attached hydrogen (secondary N) is 3. The van der Waals surface area contributed by atoms with Gasteiger partial charge in [-0.05, 0) is 5.92 Å². The molecule has 0 rings (SSSR count). The molecule has 0 aliphatic rings. The second kappa shape index (κ2) is 10.0. The highest BCUT2D eigenvalue weighted by Gasteiger charge is 2.23. The minimum atomic E-state index is -1.09. The Morgan fingerprint density at radius 1 is 1.15 bits per heavy atom. The van der Waals surface area contributed by atoms with Gasteiger partial charge in [-0.25, -0.2) is 9.59 Å². The highest BCUT2D eigenvalue weighted by molar-refractivity contribution is 5.83. The molecule has 4 N–H and O–H groups in total. The van der Waals surface area contributed by atoms with Gasteiger partial charge in [0.15, 0.2) is 0 Å². The lowest BCUT2D eigenvalue weighted by atomic mass is 10.1. The van der Waals surface area contributed by atoms with Gasteiger partial charge in [0.1, 0.15) is 6.04 Å². The number of methoxy groups -OCH3 is 1. The number of carboxylic acid groups (broad SMARTS) is 1. The first kappa shape index (κ1) is 18.2. The molecule has 20 heavy (non-hydrogen) atoms. The van der Waals surface area contributed by atoms with E-state index in [4.69, 9.17) is 9.84 Å². The second-order valence-electron chi connectivity index (χ2n) is 4.55. The molecule has 0 aromatic carbocycles. The zero-order valence-electron chi connectivity index (χ0n) is 12.1. The number of aliphatic carboxylic acids is 1. The van der Waals surface area contributed by atoms with Crippen LogP contribution in [0, 0.1) is 5.92 Å². The lowest BCUT2D eigenvalue weighted by Crippen LogP contribution is -2.49. The number of urea groups is 1. The predicted molar refractivity (Wildman–Crippen MR) is 72.3 cm³/mol. The van der Waals surface area contributed by atoms with Gasteiger partial charge in [0.05, 0.1) is 6.61 Å². The molecule has 0 aliphatic carbocycles. The van der Waals surface area contributed by atoms with Crippen molar-refractivity contribution in [2.45, 2.75) is 26.3 Å². The molecule has 116 valence electrons. The molecule has 0 radical (unpaired) electrons. The fourth-order valence-electron chi connectivity index (χ4n) is 1.38. The minimum Gasteiger partial charge on any atom is -0.480 e. The van der Waals surface area contributed by atoms with Gasteiger partial charge in [-0.15, -0.1) is 0 Å². The fourth-order valence-corrected chi connectivity index (χ4v) is 1.38. The van der Waals surface area contributed by atoms with Crippen LogP contribution >= 0.6 is 0 Å². The molecule has 8 heteroatoms. The highest BCUT2D eigenvalue weighted by atomic mass is 16.5. The molecular weight excluding hydrogens is 266 g/mol. The maximum absolute atomic E-state index is 11.5. The summed E-state index contributed by atoms with van der Waals surface area (Å²) in [7, 11) is 1.53. The molecule has 0 aromatic rings. The van der Waals surface area contributed by atoms with Crippen LogP contribution in [-0.4, -0.2) is 55.9 Å². The third-order valence-electron chi connectivity index (χ3n) is 2.49. The van der Waals surface area contributed by atoms with Gasteiger partial charge in [-0.3, -0.25) is 4.79 Å². The van der Waals surface area contributed by atoms with Crippen LogP contribution in [0.4, 0.5) is 4.79 Å². The molecule has 0 fully saturated rings. The van der Waals surface area contributed by atoms with Crippen molar-refractivity contribution < 1.29 is 24.2 Å². The number of hydrogen-bond acceptors (Lipinski definition) is 4. The van der Waals surface area contributed by atoms with Crippen LogP contribution in [0.15, 0.2) is 0 Å². The third kappa shape index (κ3) is 8.30. The molecule has 0 unspecified atom stereocenters. The molecule has 0 spiro atoms. The van der Waals surface area contributed by atoms with Crippen molar-refractivity contribution in [3.8, 4) is 0 Å². The smallest absolute Gasteiger partial charge is 0.326 e. The molecule has 8 nitrogen and oxygen atoms in total. The average molecular weight is 289 g/mol. The van der Waals surface area contributed by atoms with Gasteiger partial charge in [0.2, 0.25) is 5.91 Å². The maximum Gasteiger partial charge on any atom is 0.326 e. The van der Waals surface area contributed by atoms with Gasteiger partial charge in [-0.1, -0.05) is 13.8 Å². The largest absolute Gasteiger partial charge is 0.480 e. The molecule has 0 heterocycles. The van der Waals surface area contributed by atoms with E-state index in [-0.39, 0.29) is 24.8 Å². The first-order valence-corrected chi connectivity index (χ1v) is 6.41. The Morgan fingerprint density at radius 2 is 1.80 bits per heavy atom. The summed E-state index contributed by atoms with van der Waals surface area (Å²) in [6.07, 6.45) is 0.122. The average Bonchev–Trinajstić information content (AvgIpc) is 2.35. The van der Waals surface area contributed by atoms with Crippen molar-refractivity contribution >= 4 is 17.9 Å². The Morgan fingerprint density at radius 3 is 2.30 bits per heavy atom. The number of carbonyl (C=O) groups excluding carboxylic acids is 2. The minimum absolute atomic E-state index is 0.122. The lowest BCUT2D eigenvalue weighted by molar-refractivity contribution is -0.140. The van der Waals surface area contributed by atoms with E-state index < -0.39 is 18.0 Å². The molecule has 0 saturated carbocycles. The first-order chi connectivity index (χ1) is 9.38. The van der Waals surface area contributed by atoms with Gasteiger partial charge < -0.3 is 25.8 Å². The van der Waals surface area contributed by atoms with E-state index in [1.165, 1.54) is 7.11 Å². The Kier molecular flexibility index (Phi) is 9.10. The number of carboxylic acids is 1. The summed E-state index contributed by atoms with van der Waals surface area (Å²) in [6.45, 7) is 4.37. The Labute approximate surface area is 118 Å². The predicted octanol–water partition coefficient (Wildman–Crippen LogP) is -0.452. The molecule has 0 saturated heterocycles. The van der Waals surface area contributed by atoms with E-state index in [9.17, 15) is 14.4 Å². The molecule has 0 aliphatic heterocycles. The Bertz CT molecular complexity index is 333. The van der Waals surface area contributed by atoms with E-state index in [0.717, 1.165) is 0 Å². The normalized spacial score (nSPS) is 11.8. The van der Waals surface area contributed by atoms with E-state index in [2.05, 4.69) is 16.0 Å². The van der Waals surface area contributed by atoms with Crippen molar-refractivity contribution in [3.05, 3.63) is 0 Å². The second-order valence-corrected chi connectivity index (χ2v) is 4.55. The molecule has 0 aromatic heterocycles. The van der Waals surface area contributed by atoms with Crippen molar-refractivity contribution in [2.24, 2.45) is 5.92 Å². The van der Waals surface area contributed by atoms with Gasteiger partial charge in [0.25, 0.3) is 0 Å². The van der Waals surface area contributed by atoms with Crippen molar-refractivity contribution in [1.29, 1.82) is 0 Å². The van der Waals surface area contributed by atoms with Crippen LogP contribution in [0.5, 0.6) is 0 Å². The van der Waals surface area contributed by atoms with Crippen molar-refractivity contribution in [2.75, 3.05) is 26.8 Å². The standard InChI is InChI=1S/C12H23N3O5/c1-8(2)10(11(17)18)15-12(19)14-5-4-9(16)13-6-7-20-3/h8,10H,4-7H2,1-3H3,(H,13,16)(H,17,18)(H2,14,15,19)/t10-/m0/s1. The van der Waals surface area contributed by atoms with Crippen LogP contribution in [-0.2, 0) is 14.3 Å². The summed E-state index contributed by atoms with van der Waals surface area (Å²) in [5.41, 5.74) is 0. The zero-order valence-corrected chi connectivity index (χ0v) is 12.1. The Balaban J connectivity index is 3.87. The summed E-state index contributed by atoms with van der Waals surface area (Å²) in [6, 6.07) is -1.55. The fraction of sp³-hybridized carbons (Fsp3) is 0.750. The van der Waals surface area contributed by atoms with Crippen molar-refractivity contribution in [1.82, 2.24) is 16.0 Å². The van der Waals surface area contributed by atoms with E-state index in [0.29, 0.717) is 13.2 Å². The maximum atomic E-state index is 11.5. The number of amides is 3. The first-order valence-electron chi connectivity index (χ1n) is 6.41. The summed E-state index contributed by atoms with van der Waals surface area (Å²) in [5.74, 6) is -1.52. The Hall–Kier alpha value is -1.83. The number of hydrogen-bond donors (Lipinski definition) is 4. The van der Waals surface area contributed by atoms with Crippen LogP contribution in [0.1, 0.15) is 20.3 Å². The van der Waals surface area contributed by atoms with Gasteiger partial charge in [-0.2, -0.15) is 0 Å². The lowest BCUT2D eigenvalue weighted by Gasteiger charge is -2.18. The van der Waals surface area contributed by atoms with E-state index in [1.807, 2.05) is 0 Å². The highest BCUT2D eigenvalue weighted by Crippen LogP contribution is 2.01.